The molecule has 0 bridgehead atoms. The van der Waals surface area contributed by atoms with Crippen LogP contribution in [0.3, 0.4) is 0 Å². The Morgan fingerprint density at radius 2 is 1.67 bits per heavy atom. The first kappa shape index (κ1) is 18.0. The molecular formula is C17H30O4. The highest BCUT2D eigenvalue weighted by molar-refractivity contribution is 5.76. The summed E-state index contributed by atoms with van der Waals surface area (Å²) in [4.78, 5) is 24.2. The first-order valence-electron chi connectivity index (χ1n) is 8.08. The van der Waals surface area contributed by atoms with Gasteiger partial charge in [0.05, 0.1) is 18.4 Å². The lowest BCUT2D eigenvalue weighted by Gasteiger charge is -2.29. The van der Waals surface area contributed by atoms with Gasteiger partial charge >= 0.3 is 11.9 Å². The van der Waals surface area contributed by atoms with Crippen molar-refractivity contribution in [1.29, 1.82) is 0 Å². The molecule has 4 heteroatoms. The largest absolute Gasteiger partial charge is 0.465 e. The summed E-state index contributed by atoms with van der Waals surface area (Å²) in [5, 5.41) is 0. The van der Waals surface area contributed by atoms with Gasteiger partial charge in [-0.2, -0.15) is 0 Å². The number of rotatable bonds is 5. The summed E-state index contributed by atoms with van der Waals surface area (Å²) in [5.74, 6) is -0.117. The highest BCUT2D eigenvalue weighted by Crippen LogP contribution is 2.31. The predicted octanol–water partition coefficient (Wildman–Crippen LogP) is 3.72. The second-order valence-corrected chi connectivity index (χ2v) is 7.44. The summed E-state index contributed by atoms with van der Waals surface area (Å²) >= 11 is 0. The maximum atomic E-state index is 12.1. The predicted molar refractivity (Wildman–Crippen MR) is 81.7 cm³/mol. The number of hydrogen-bond acceptors (Lipinski definition) is 4. The zero-order valence-electron chi connectivity index (χ0n) is 14.1. The third kappa shape index (κ3) is 6.96. The summed E-state index contributed by atoms with van der Waals surface area (Å²) in [7, 11) is 0. The Bertz CT molecular complexity index is 354. The smallest absolute Gasteiger partial charge is 0.309 e. The van der Waals surface area contributed by atoms with Gasteiger partial charge in [-0.25, -0.2) is 0 Å². The zero-order chi connectivity index (χ0) is 16.0. The van der Waals surface area contributed by atoms with Crippen LogP contribution in [0.2, 0.25) is 0 Å². The Morgan fingerprint density at radius 1 is 1.10 bits per heavy atom. The van der Waals surface area contributed by atoms with Crippen LogP contribution in [0, 0.1) is 17.8 Å². The van der Waals surface area contributed by atoms with Crippen molar-refractivity contribution in [2.24, 2.45) is 17.8 Å². The lowest BCUT2D eigenvalue weighted by Crippen LogP contribution is -2.33. The molecule has 122 valence electrons. The monoisotopic (exact) mass is 298 g/mol. The van der Waals surface area contributed by atoms with E-state index in [0.717, 1.165) is 25.7 Å². The van der Waals surface area contributed by atoms with Crippen LogP contribution in [0.25, 0.3) is 0 Å². The molecule has 1 rings (SSSR count). The minimum absolute atomic E-state index is 0.149. The maximum absolute atomic E-state index is 12.1. The third-order valence-corrected chi connectivity index (χ3v) is 3.69. The van der Waals surface area contributed by atoms with Crippen molar-refractivity contribution in [2.75, 3.05) is 6.61 Å². The van der Waals surface area contributed by atoms with Gasteiger partial charge < -0.3 is 9.47 Å². The van der Waals surface area contributed by atoms with Crippen LogP contribution in [0.15, 0.2) is 0 Å². The van der Waals surface area contributed by atoms with E-state index in [9.17, 15) is 9.59 Å². The molecule has 4 nitrogen and oxygen atoms in total. The molecule has 1 fully saturated rings. The average Bonchev–Trinajstić information content (AvgIpc) is 2.36. The molecule has 0 saturated heterocycles. The Balaban J connectivity index is 2.44. The molecule has 0 aliphatic heterocycles. The normalized spacial score (nSPS) is 23.0. The molecule has 0 spiro atoms. The standard InChI is InChI=1S/C17H30O4/c1-12(2)9-10-20-15(18)13-7-6-8-14(11-13)16(19)21-17(3,4)5/h12-14H,6-11H2,1-5H3. The quantitative estimate of drug-likeness (QED) is 0.726. The second kappa shape index (κ2) is 7.81. The molecule has 0 aromatic carbocycles. The average molecular weight is 298 g/mol. The minimum Gasteiger partial charge on any atom is -0.465 e. The van der Waals surface area contributed by atoms with Gasteiger partial charge in [-0.05, 0) is 52.4 Å². The molecule has 1 aliphatic carbocycles. The third-order valence-electron chi connectivity index (χ3n) is 3.69. The minimum atomic E-state index is -0.470. The maximum Gasteiger partial charge on any atom is 0.309 e. The fourth-order valence-electron chi connectivity index (χ4n) is 2.52. The van der Waals surface area contributed by atoms with Crippen LogP contribution >= 0.6 is 0 Å². The van der Waals surface area contributed by atoms with E-state index in [1.165, 1.54) is 0 Å². The molecule has 0 heterocycles. The van der Waals surface area contributed by atoms with E-state index in [0.29, 0.717) is 18.9 Å². The summed E-state index contributed by atoms with van der Waals surface area (Å²) in [6, 6.07) is 0. The van der Waals surface area contributed by atoms with Gasteiger partial charge in [0.15, 0.2) is 0 Å². The molecule has 1 saturated carbocycles. The number of ether oxygens (including phenoxy) is 2. The molecule has 2 atom stereocenters. The lowest BCUT2D eigenvalue weighted by atomic mass is 9.81. The molecule has 21 heavy (non-hydrogen) atoms. The summed E-state index contributed by atoms with van der Waals surface area (Å²) in [5.41, 5.74) is -0.470. The lowest BCUT2D eigenvalue weighted by molar-refractivity contribution is -0.163. The molecule has 1 aliphatic rings. The summed E-state index contributed by atoms with van der Waals surface area (Å²) < 4.78 is 10.8. The van der Waals surface area contributed by atoms with Gasteiger partial charge in [-0.3, -0.25) is 9.59 Å². The van der Waals surface area contributed by atoms with Gasteiger partial charge in [0.1, 0.15) is 5.60 Å². The number of esters is 2. The van der Waals surface area contributed by atoms with E-state index in [1.54, 1.807) is 0 Å². The molecule has 0 aromatic rings. The Hall–Kier alpha value is -1.06. The van der Waals surface area contributed by atoms with Gasteiger partial charge in [0.2, 0.25) is 0 Å². The van der Waals surface area contributed by atoms with Crippen LogP contribution in [0.1, 0.15) is 66.7 Å². The highest BCUT2D eigenvalue weighted by atomic mass is 16.6. The second-order valence-electron chi connectivity index (χ2n) is 7.44. The molecular weight excluding hydrogens is 268 g/mol. The molecule has 0 aromatic heterocycles. The van der Waals surface area contributed by atoms with Crippen molar-refractivity contribution in [2.45, 2.75) is 72.3 Å². The number of carbonyl (C=O) groups excluding carboxylic acids is 2. The van der Waals surface area contributed by atoms with E-state index in [1.807, 2.05) is 20.8 Å². The van der Waals surface area contributed by atoms with Crippen molar-refractivity contribution in [3.63, 3.8) is 0 Å². The van der Waals surface area contributed by atoms with Crippen LogP contribution < -0.4 is 0 Å². The van der Waals surface area contributed by atoms with Crippen molar-refractivity contribution in [1.82, 2.24) is 0 Å². The first-order chi connectivity index (χ1) is 9.69. The van der Waals surface area contributed by atoms with Crippen molar-refractivity contribution >= 4 is 11.9 Å². The highest BCUT2D eigenvalue weighted by Gasteiger charge is 2.34. The van der Waals surface area contributed by atoms with E-state index >= 15 is 0 Å². The van der Waals surface area contributed by atoms with Gasteiger partial charge in [0.25, 0.3) is 0 Å². The topological polar surface area (TPSA) is 52.6 Å². The molecule has 0 amide bonds. The fraction of sp³-hybridized carbons (Fsp3) is 0.882. The SMILES string of the molecule is CC(C)CCOC(=O)C1CCCC(C(=O)OC(C)(C)C)C1. The van der Waals surface area contributed by atoms with Gasteiger partial charge in [-0.1, -0.05) is 20.3 Å². The first-order valence-corrected chi connectivity index (χ1v) is 8.08. The van der Waals surface area contributed by atoms with Gasteiger partial charge in [0, 0.05) is 0 Å². The molecule has 0 radical (unpaired) electrons. The van der Waals surface area contributed by atoms with Crippen LogP contribution in [0.4, 0.5) is 0 Å². The number of carbonyl (C=O) groups is 2. The van der Waals surface area contributed by atoms with Crippen molar-refractivity contribution in [3.05, 3.63) is 0 Å². The molecule has 2 unspecified atom stereocenters. The van der Waals surface area contributed by atoms with Crippen LogP contribution in [-0.4, -0.2) is 24.1 Å². The van der Waals surface area contributed by atoms with Crippen molar-refractivity contribution in [3.8, 4) is 0 Å². The summed E-state index contributed by atoms with van der Waals surface area (Å²) in [6.07, 6.45) is 3.96. The Labute approximate surface area is 128 Å². The fourth-order valence-corrected chi connectivity index (χ4v) is 2.52. The Kier molecular flexibility index (Phi) is 6.69. The number of hydrogen-bond donors (Lipinski definition) is 0. The van der Waals surface area contributed by atoms with Crippen molar-refractivity contribution < 1.29 is 19.1 Å². The van der Waals surface area contributed by atoms with E-state index in [2.05, 4.69) is 13.8 Å². The van der Waals surface area contributed by atoms with Crippen LogP contribution in [0.5, 0.6) is 0 Å². The van der Waals surface area contributed by atoms with Crippen LogP contribution in [-0.2, 0) is 19.1 Å². The summed E-state index contributed by atoms with van der Waals surface area (Å²) in [6.45, 7) is 10.3. The Morgan fingerprint density at radius 3 is 2.19 bits per heavy atom. The van der Waals surface area contributed by atoms with Gasteiger partial charge in [-0.15, -0.1) is 0 Å². The van der Waals surface area contributed by atoms with E-state index in [4.69, 9.17) is 9.47 Å². The molecule has 0 N–H and O–H groups in total. The zero-order valence-corrected chi connectivity index (χ0v) is 14.1. The van der Waals surface area contributed by atoms with E-state index in [-0.39, 0.29) is 23.8 Å². The van der Waals surface area contributed by atoms with E-state index < -0.39 is 5.60 Å².